The zero-order chi connectivity index (χ0) is 20.1. The molecule has 5 heteroatoms. The van der Waals surface area contributed by atoms with Crippen LogP contribution in [-0.4, -0.2) is 24.0 Å². The van der Waals surface area contributed by atoms with E-state index in [2.05, 4.69) is 51.7 Å². The summed E-state index contributed by atoms with van der Waals surface area (Å²) in [5, 5.41) is 6.16. The van der Waals surface area contributed by atoms with Gasteiger partial charge in [-0.3, -0.25) is 4.79 Å². The Kier molecular flexibility index (Phi) is 5.75. The van der Waals surface area contributed by atoms with Crippen molar-refractivity contribution in [2.45, 2.75) is 19.8 Å². The summed E-state index contributed by atoms with van der Waals surface area (Å²) >= 11 is 0. The summed E-state index contributed by atoms with van der Waals surface area (Å²) in [4.78, 5) is 19.1. The highest BCUT2D eigenvalue weighted by molar-refractivity contribution is 6.04. The minimum atomic E-state index is -0.171. The Morgan fingerprint density at radius 2 is 1.66 bits per heavy atom. The van der Waals surface area contributed by atoms with Crippen LogP contribution in [0.25, 0.3) is 0 Å². The molecule has 1 aromatic heterocycles. The average molecular weight is 386 g/mol. The van der Waals surface area contributed by atoms with Gasteiger partial charge in [0.1, 0.15) is 5.82 Å². The molecule has 0 unspecified atom stereocenters. The van der Waals surface area contributed by atoms with Crippen molar-refractivity contribution in [3.8, 4) is 0 Å². The molecule has 5 nitrogen and oxygen atoms in total. The lowest BCUT2D eigenvalue weighted by molar-refractivity contribution is 0.102. The van der Waals surface area contributed by atoms with Gasteiger partial charge in [0, 0.05) is 36.3 Å². The third kappa shape index (κ3) is 4.93. The van der Waals surface area contributed by atoms with E-state index in [0.29, 0.717) is 11.4 Å². The lowest BCUT2D eigenvalue weighted by Gasteiger charge is -2.32. The summed E-state index contributed by atoms with van der Waals surface area (Å²) in [5.41, 5.74) is 3.54. The number of amides is 1. The molecule has 29 heavy (non-hydrogen) atoms. The molecule has 2 N–H and O–H groups in total. The highest BCUT2D eigenvalue weighted by Gasteiger charge is 2.15. The standard InChI is InChI=1S/C24H26N4O/c1-18-13-15-28(16-14-18)22-10-8-21(9-11-22)26-23-12-7-19(17-25-23)24(29)27-20-5-3-2-4-6-20/h2-12,17-18H,13-16H2,1H3,(H,25,26)(H,27,29). The van der Waals surface area contributed by atoms with Gasteiger partial charge in [0.2, 0.25) is 0 Å². The van der Waals surface area contributed by atoms with E-state index >= 15 is 0 Å². The van der Waals surface area contributed by atoms with Crippen molar-refractivity contribution in [1.29, 1.82) is 0 Å². The molecule has 0 radical (unpaired) electrons. The van der Waals surface area contributed by atoms with Gasteiger partial charge in [-0.05, 0) is 67.3 Å². The summed E-state index contributed by atoms with van der Waals surface area (Å²) in [5.74, 6) is 1.37. The number of benzene rings is 2. The molecule has 1 aliphatic heterocycles. The van der Waals surface area contributed by atoms with Crippen LogP contribution in [0, 0.1) is 5.92 Å². The van der Waals surface area contributed by atoms with E-state index in [-0.39, 0.29) is 5.91 Å². The minimum absolute atomic E-state index is 0.171. The maximum absolute atomic E-state index is 12.3. The number of nitrogens with zero attached hydrogens (tertiary/aromatic N) is 2. The lowest BCUT2D eigenvalue weighted by atomic mass is 9.99. The molecule has 1 fully saturated rings. The first-order valence-corrected chi connectivity index (χ1v) is 10.1. The number of piperidine rings is 1. The number of pyridine rings is 1. The van der Waals surface area contributed by atoms with E-state index in [1.54, 1.807) is 12.3 Å². The van der Waals surface area contributed by atoms with Crippen LogP contribution in [0.4, 0.5) is 22.9 Å². The first kappa shape index (κ1) is 19.0. The van der Waals surface area contributed by atoms with Gasteiger partial charge in [-0.1, -0.05) is 25.1 Å². The van der Waals surface area contributed by atoms with Crippen LogP contribution >= 0.6 is 0 Å². The number of carbonyl (C=O) groups is 1. The van der Waals surface area contributed by atoms with E-state index in [1.165, 1.54) is 18.5 Å². The van der Waals surface area contributed by atoms with E-state index in [0.717, 1.165) is 30.4 Å². The van der Waals surface area contributed by atoms with Crippen molar-refractivity contribution in [2.24, 2.45) is 5.92 Å². The van der Waals surface area contributed by atoms with Crippen LogP contribution in [0.1, 0.15) is 30.1 Å². The van der Waals surface area contributed by atoms with Crippen molar-refractivity contribution in [2.75, 3.05) is 28.6 Å². The Hall–Kier alpha value is -3.34. The second-order valence-electron chi connectivity index (χ2n) is 7.59. The van der Waals surface area contributed by atoms with Crippen molar-refractivity contribution < 1.29 is 4.79 Å². The molecule has 2 aromatic carbocycles. The smallest absolute Gasteiger partial charge is 0.257 e. The monoisotopic (exact) mass is 386 g/mol. The summed E-state index contributed by atoms with van der Waals surface area (Å²) < 4.78 is 0. The topological polar surface area (TPSA) is 57.3 Å². The van der Waals surface area contributed by atoms with E-state index in [9.17, 15) is 4.79 Å². The molecule has 0 saturated carbocycles. The number of nitrogens with one attached hydrogen (secondary N) is 2. The largest absolute Gasteiger partial charge is 0.372 e. The Morgan fingerprint density at radius 1 is 0.931 bits per heavy atom. The molecule has 0 bridgehead atoms. The van der Waals surface area contributed by atoms with Crippen LogP contribution in [0.3, 0.4) is 0 Å². The van der Waals surface area contributed by atoms with Crippen molar-refractivity contribution >= 4 is 28.8 Å². The van der Waals surface area contributed by atoms with Crippen molar-refractivity contribution in [3.05, 3.63) is 78.5 Å². The first-order chi connectivity index (χ1) is 14.2. The van der Waals surface area contributed by atoms with Crippen molar-refractivity contribution in [1.82, 2.24) is 4.98 Å². The SMILES string of the molecule is CC1CCN(c2ccc(Nc3ccc(C(=O)Nc4ccccc4)cn3)cc2)CC1. The number of hydrogen-bond acceptors (Lipinski definition) is 4. The molecule has 148 valence electrons. The predicted molar refractivity (Wildman–Crippen MR) is 119 cm³/mol. The van der Waals surface area contributed by atoms with E-state index in [4.69, 9.17) is 0 Å². The van der Waals surface area contributed by atoms with Crippen molar-refractivity contribution in [3.63, 3.8) is 0 Å². The molecule has 4 rings (SSSR count). The average Bonchev–Trinajstić information content (AvgIpc) is 2.76. The number of hydrogen-bond donors (Lipinski definition) is 2. The van der Waals surface area contributed by atoms with Gasteiger partial charge in [0.15, 0.2) is 0 Å². The van der Waals surface area contributed by atoms with Crippen LogP contribution in [0.5, 0.6) is 0 Å². The number of carbonyl (C=O) groups excluding carboxylic acids is 1. The highest BCUT2D eigenvalue weighted by Crippen LogP contribution is 2.25. The molecule has 0 atom stereocenters. The Balaban J connectivity index is 1.35. The Labute approximate surface area is 171 Å². The van der Waals surface area contributed by atoms with Gasteiger partial charge in [-0.15, -0.1) is 0 Å². The fraction of sp³-hybridized carbons (Fsp3) is 0.250. The molecule has 1 aliphatic rings. The lowest BCUT2D eigenvalue weighted by Crippen LogP contribution is -2.32. The molecular weight excluding hydrogens is 360 g/mol. The number of aromatic nitrogens is 1. The summed E-state index contributed by atoms with van der Waals surface area (Å²) in [7, 11) is 0. The quantitative estimate of drug-likeness (QED) is 0.624. The predicted octanol–water partition coefficient (Wildman–Crippen LogP) is 5.31. The third-order valence-corrected chi connectivity index (χ3v) is 5.35. The molecule has 1 saturated heterocycles. The van der Waals surface area contributed by atoms with Gasteiger partial charge in [0.05, 0.1) is 5.56 Å². The maximum atomic E-state index is 12.3. The van der Waals surface area contributed by atoms with Gasteiger partial charge in [0.25, 0.3) is 5.91 Å². The number of para-hydroxylation sites is 1. The summed E-state index contributed by atoms with van der Waals surface area (Å²) in [6.07, 6.45) is 4.10. The molecule has 2 heterocycles. The number of rotatable bonds is 5. The fourth-order valence-electron chi connectivity index (χ4n) is 3.50. The van der Waals surface area contributed by atoms with Crippen LogP contribution in [0.15, 0.2) is 72.9 Å². The van der Waals surface area contributed by atoms with Gasteiger partial charge < -0.3 is 15.5 Å². The van der Waals surface area contributed by atoms with E-state index < -0.39 is 0 Å². The summed E-state index contributed by atoms with van der Waals surface area (Å²) in [6.45, 7) is 4.58. The highest BCUT2D eigenvalue weighted by atomic mass is 16.1. The second-order valence-corrected chi connectivity index (χ2v) is 7.59. The Morgan fingerprint density at radius 3 is 2.31 bits per heavy atom. The fourth-order valence-corrected chi connectivity index (χ4v) is 3.50. The third-order valence-electron chi connectivity index (χ3n) is 5.35. The molecule has 0 spiro atoms. The first-order valence-electron chi connectivity index (χ1n) is 10.1. The number of anilines is 4. The molecular formula is C24H26N4O. The van der Waals surface area contributed by atoms with Crippen LogP contribution in [-0.2, 0) is 0 Å². The zero-order valence-corrected chi connectivity index (χ0v) is 16.6. The Bertz CT molecular complexity index is 931. The van der Waals surface area contributed by atoms with Gasteiger partial charge in [-0.2, -0.15) is 0 Å². The van der Waals surface area contributed by atoms with Gasteiger partial charge >= 0.3 is 0 Å². The molecule has 3 aromatic rings. The normalized spacial score (nSPS) is 14.4. The maximum Gasteiger partial charge on any atom is 0.257 e. The molecule has 1 amide bonds. The summed E-state index contributed by atoms with van der Waals surface area (Å²) in [6, 6.07) is 21.4. The van der Waals surface area contributed by atoms with E-state index in [1.807, 2.05) is 36.4 Å². The second kappa shape index (κ2) is 8.78. The zero-order valence-electron chi connectivity index (χ0n) is 16.6. The van der Waals surface area contributed by atoms with Crippen LogP contribution < -0.4 is 15.5 Å². The minimum Gasteiger partial charge on any atom is -0.372 e. The van der Waals surface area contributed by atoms with Crippen LogP contribution in [0.2, 0.25) is 0 Å². The molecule has 0 aliphatic carbocycles. The van der Waals surface area contributed by atoms with Gasteiger partial charge in [-0.25, -0.2) is 4.98 Å².